The first-order valence-corrected chi connectivity index (χ1v) is 9.65. The van der Waals surface area contributed by atoms with Gasteiger partial charge in [0.15, 0.2) is 11.5 Å². The molecule has 0 radical (unpaired) electrons. The first-order chi connectivity index (χ1) is 12.8. The summed E-state index contributed by atoms with van der Waals surface area (Å²) in [6.07, 6.45) is 2.60. The highest BCUT2D eigenvalue weighted by molar-refractivity contribution is 5.58. The number of likely N-dealkylation sites (tertiary alicyclic amines) is 1. The van der Waals surface area contributed by atoms with Gasteiger partial charge in [-0.2, -0.15) is 17.7 Å². The lowest BCUT2D eigenvalue weighted by atomic mass is 10.0. The van der Waals surface area contributed by atoms with E-state index < -0.39 is 12.0 Å². The van der Waals surface area contributed by atoms with Crippen LogP contribution in [-0.2, 0) is 6.18 Å². The van der Waals surface area contributed by atoms with Gasteiger partial charge in [-0.3, -0.25) is 0 Å². The quantitative estimate of drug-likeness (QED) is 0.879. The summed E-state index contributed by atoms with van der Waals surface area (Å²) in [5.74, 6) is -0.593. The molecule has 6 nitrogen and oxygen atoms in total. The molecule has 0 aromatic carbocycles. The molecule has 1 N–H and O–H groups in total. The van der Waals surface area contributed by atoms with E-state index in [1.165, 1.54) is 25.7 Å². The van der Waals surface area contributed by atoms with Gasteiger partial charge in [0.2, 0.25) is 0 Å². The number of fused-ring (bicyclic) bond motifs is 1. The molecule has 0 bridgehead atoms. The van der Waals surface area contributed by atoms with Gasteiger partial charge in [-0.25, -0.2) is 0 Å². The highest BCUT2D eigenvalue weighted by Gasteiger charge is 2.38. The SMILES string of the molecule is Cc1c(NC2CCN(C3CCCC3)CC2)nn2c(C(F)(F)F)nnc2c1C. The van der Waals surface area contributed by atoms with E-state index >= 15 is 0 Å². The molecule has 1 aliphatic carbocycles. The average Bonchev–Trinajstić information content (AvgIpc) is 3.29. The number of rotatable bonds is 3. The van der Waals surface area contributed by atoms with E-state index in [2.05, 4.69) is 25.5 Å². The number of anilines is 1. The third-order valence-corrected chi connectivity index (χ3v) is 6.06. The lowest BCUT2D eigenvalue weighted by Gasteiger charge is -2.36. The van der Waals surface area contributed by atoms with Crippen LogP contribution < -0.4 is 5.32 Å². The van der Waals surface area contributed by atoms with Gasteiger partial charge in [0.1, 0.15) is 0 Å². The maximum Gasteiger partial charge on any atom is 0.453 e. The Morgan fingerprint density at radius 1 is 0.963 bits per heavy atom. The standard InChI is InChI=1S/C18H25F3N6/c1-11-12(2)16-23-24-17(18(19,20)21)27(16)25-15(11)22-13-7-9-26(10-8-13)14-5-3-4-6-14/h13-14H,3-10H2,1-2H3,(H,22,25). The summed E-state index contributed by atoms with van der Waals surface area (Å²) in [4.78, 5) is 2.57. The second kappa shape index (κ2) is 6.92. The summed E-state index contributed by atoms with van der Waals surface area (Å²) in [5, 5.41) is 14.6. The predicted molar refractivity (Wildman–Crippen MR) is 95.7 cm³/mol. The highest BCUT2D eigenvalue weighted by Crippen LogP contribution is 2.31. The van der Waals surface area contributed by atoms with Crippen molar-refractivity contribution in [3.63, 3.8) is 0 Å². The highest BCUT2D eigenvalue weighted by atomic mass is 19.4. The molecule has 3 heterocycles. The molecule has 0 atom stereocenters. The summed E-state index contributed by atoms with van der Waals surface area (Å²) < 4.78 is 40.3. The molecule has 2 fully saturated rings. The van der Waals surface area contributed by atoms with E-state index in [0.29, 0.717) is 11.4 Å². The van der Waals surface area contributed by atoms with Crippen LogP contribution in [-0.4, -0.2) is 49.9 Å². The fourth-order valence-corrected chi connectivity index (χ4v) is 4.31. The molecular formula is C18H25F3N6. The number of alkyl halides is 3. The first kappa shape index (κ1) is 18.5. The topological polar surface area (TPSA) is 58.4 Å². The molecule has 2 aromatic heterocycles. The molecule has 27 heavy (non-hydrogen) atoms. The Labute approximate surface area is 156 Å². The zero-order valence-corrected chi connectivity index (χ0v) is 15.7. The molecule has 1 saturated carbocycles. The third-order valence-electron chi connectivity index (χ3n) is 6.06. The van der Waals surface area contributed by atoms with Gasteiger partial charge in [0.25, 0.3) is 5.82 Å². The lowest BCUT2D eigenvalue weighted by molar-refractivity contribution is -0.146. The molecule has 0 amide bonds. The van der Waals surface area contributed by atoms with Gasteiger partial charge in [-0.1, -0.05) is 12.8 Å². The Bertz CT molecular complexity index is 817. The number of hydrogen-bond donors (Lipinski definition) is 1. The van der Waals surface area contributed by atoms with Gasteiger partial charge in [0, 0.05) is 30.7 Å². The fraction of sp³-hybridized carbons (Fsp3) is 0.722. The van der Waals surface area contributed by atoms with Gasteiger partial charge in [-0.05, 0) is 45.1 Å². The normalized spacial score (nSPS) is 20.6. The van der Waals surface area contributed by atoms with Gasteiger partial charge < -0.3 is 10.2 Å². The fourth-order valence-electron chi connectivity index (χ4n) is 4.31. The summed E-state index contributed by atoms with van der Waals surface area (Å²) in [6.45, 7) is 5.68. The second-order valence-electron chi connectivity index (χ2n) is 7.75. The van der Waals surface area contributed by atoms with Crippen LogP contribution in [0.5, 0.6) is 0 Å². The average molecular weight is 382 g/mol. The molecule has 1 saturated heterocycles. The largest absolute Gasteiger partial charge is 0.453 e. The van der Waals surface area contributed by atoms with E-state index in [0.717, 1.165) is 42.1 Å². The molecule has 0 unspecified atom stereocenters. The van der Waals surface area contributed by atoms with Crippen LogP contribution in [0.4, 0.5) is 19.0 Å². The van der Waals surface area contributed by atoms with E-state index in [4.69, 9.17) is 0 Å². The number of nitrogens with one attached hydrogen (secondary N) is 1. The minimum Gasteiger partial charge on any atom is -0.366 e. The van der Waals surface area contributed by atoms with Crippen LogP contribution in [0.25, 0.3) is 5.65 Å². The maximum absolute atomic E-state index is 13.2. The van der Waals surface area contributed by atoms with Crippen LogP contribution in [0.1, 0.15) is 55.5 Å². The lowest BCUT2D eigenvalue weighted by Crippen LogP contribution is -2.43. The van der Waals surface area contributed by atoms with Crippen molar-refractivity contribution in [1.29, 1.82) is 0 Å². The van der Waals surface area contributed by atoms with Crippen LogP contribution in [0, 0.1) is 13.8 Å². The number of halogens is 3. The van der Waals surface area contributed by atoms with Crippen molar-refractivity contribution in [3.8, 4) is 0 Å². The molecule has 2 aromatic rings. The Morgan fingerprint density at radius 2 is 1.63 bits per heavy atom. The van der Waals surface area contributed by atoms with Gasteiger partial charge in [0.05, 0.1) is 0 Å². The van der Waals surface area contributed by atoms with Crippen molar-refractivity contribution in [2.24, 2.45) is 0 Å². The van der Waals surface area contributed by atoms with Crippen LogP contribution >= 0.6 is 0 Å². The molecular weight excluding hydrogens is 357 g/mol. The number of nitrogens with zero attached hydrogens (tertiary/aromatic N) is 5. The van der Waals surface area contributed by atoms with E-state index in [9.17, 15) is 13.2 Å². The third kappa shape index (κ3) is 3.49. The Morgan fingerprint density at radius 3 is 2.26 bits per heavy atom. The van der Waals surface area contributed by atoms with Gasteiger partial charge >= 0.3 is 6.18 Å². The molecule has 148 valence electrons. The van der Waals surface area contributed by atoms with Crippen molar-refractivity contribution < 1.29 is 13.2 Å². The number of aryl methyl sites for hydroxylation is 1. The van der Waals surface area contributed by atoms with Gasteiger partial charge in [-0.15, -0.1) is 15.3 Å². The second-order valence-corrected chi connectivity index (χ2v) is 7.75. The minimum atomic E-state index is -4.59. The molecule has 1 aliphatic heterocycles. The zero-order chi connectivity index (χ0) is 19.2. The van der Waals surface area contributed by atoms with E-state index in [-0.39, 0.29) is 11.7 Å². The molecule has 2 aliphatic rings. The Hall–Kier alpha value is -1.90. The zero-order valence-electron chi connectivity index (χ0n) is 15.7. The smallest absolute Gasteiger partial charge is 0.366 e. The van der Waals surface area contributed by atoms with E-state index in [1.807, 2.05) is 6.92 Å². The monoisotopic (exact) mass is 382 g/mol. The maximum atomic E-state index is 13.2. The minimum absolute atomic E-state index is 0.154. The van der Waals surface area contributed by atoms with Crippen LogP contribution in [0.3, 0.4) is 0 Å². The van der Waals surface area contributed by atoms with Crippen molar-refractivity contribution >= 4 is 11.5 Å². The number of piperidine rings is 1. The number of aromatic nitrogens is 4. The Kier molecular flexibility index (Phi) is 4.73. The van der Waals surface area contributed by atoms with Crippen molar-refractivity contribution in [3.05, 3.63) is 17.0 Å². The van der Waals surface area contributed by atoms with Crippen molar-refractivity contribution in [2.75, 3.05) is 18.4 Å². The van der Waals surface area contributed by atoms with E-state index in [1.54, 1.807) is 6.92 Å². The molecule has 9 heteroatoms. The first-order valence-electron chi connectivity index (χ1n) is 9.65. The molecule has 4 rings (SSSR count). The summed E-state index contributed by atoms with van der Waals surface area (Å²) in [6, 6.07) is 0.937. The number of hydrogen-bond acceptors (Lipinski definition) is 5. The van der Waals surface area contributed by atoms with Crippen molar-refractivity contribution in [2.45, 2.75) is 70.6 Å². The summed E-state index contributed by atoms with van der Waals surface area (Å²) >= 11 is 0. The Balaban J connectivity index is 1.53. The van der Waals surface area contributed by atoms with Crippen molar-refractivity contribution in [1.82, 2.24) is 24.7 Å². The summed E-state index contributed by atoms with van der Waals surface area (Å²) in [5.41, 5.74) is 1.64. The summed E-state index contributed by atoms with van der Waals surface area (Å²) in [7, 11) is 0. The molecule has 0 spiro atoms. The van der Waals surface area contributed by atoms with Crippen LogP contribution in [0.15, 0.2) is 0 Å². The predicted octanol–water partition coefficient (Wildman–Crippen LogP) is 3.58. The van der Waals surface area contributed by atoms with Crippen LogP contribution in [0.2, 0.25) is 0 Å².